The Morgan fingerprint density at radius 2 is 2.15 bits per heavy atom. The van der Waals surface area contributed by atoms with Crippen LogP contribution in [0.2, 0.25) is 0 Å². The first-order valence-corrected chi connectivity index (χ1v) is 7.37. The largest absolute Gasteiger partial charge is 0.383 e. The van der Waals surface area contributed by atoms with E-state index in [1.807, 2.05) is 0 Å². The molecule has 0 spiro atoms. The van der Waals surface area contributed by atoms with Crippen molar-refractivity contribution in [1.29, 1.82) is 0 Å². The number of nitrogens with one attached hydrogen (secondary N) is 2. The van der Waals surface area contributed by atoms with Crippen molar-refractivity contribution in [2.24, 2.45) is 10.9 Å². The summed E-state index contributed by atoms with van der Waals surface area (Å²) in [7, 11) is 1.71. The van der Waals surface area contributed by atoms with E-state index < -0.39 is 0 Å². The number of hydrogen-bond donors (Lipinski definition) is 2. The lowest BCUT2D eigenvalue weighted by molar-refractivity contribution is 0.123. The molecule has 0 aliphatic heterocycles. The molecule has 1 aliphatic rings. The number of methoxy groups -OCH3 is 1. The minimum atomic E-state index is 0. The van der Waals surface area contributed by atoms with Gasteiger partial charge in [-0.25, -0.2) is 0 Å². The molecule has 0 aromatic carbocycles. The maximum absolute atomic E-state index is 5.59. The third kappa shape index (κ3) is 10.7. The summed E-state index contributed by atoms with van der Waals surface area (Å²) in [5.74, 6) is 1.70. The van der Waals surface area contributed by atoms with Gasteiger partial charge in [0.25, 0.3) is 0 Å². The second-order valence-corrected chi connectivity index (χ2v) is 5.13. The molecular formula is C14H30IN3O2. The Hall–Kier alpha value is -0.0800. The molecule has 1 atom stereocenters. The molecule has 0 radical (unpaired) electrons. The Labute approximate surface area is 140 Å². The van der Waals surface area contributed by atoms with Gasteiger partial charge in [0.15, 0.2) is 5.96 Å². The zero-order valence-electron chi connectivity index (χ0n) is 13.0. The maximum Gasteiger partial charge on any atom is 0.191 e. The van der Waals surface area contributed by atoms with Crippen LogP contribution in [0.3, 0.4) is 0 Å². The molecule has 120 valence electrons. The van der Waals surface area contributed by atoms with Crippen LogP contribution in [-0.2, 0) is 9.47 Å². The summed E-state index contributed by atoms with van der Waals surface area (Å²) in [5.41, 5.74) is 0. The topological polar surface area (TPSA) is 54.9 Å². The summed E-state index contributed by atoms with van der Waals surface area (Å²) in [5, 5.41) is 6.54. The molecule has 0 aromatic heterocycles. The summed E-state index contributed by atoms with van der Waals surface area (Å²) in [6.07, 6.45) is 3.68. The van der Waals surface area contributed by atoms with E-state index in [9.17, 15) is 0 Å². The average Bonchev–Trinajstić information content (AvgIpc) is 3.18. The predicted molar refractivity (Wildman–Crippen MR) is 94.0 cm³/mol. The van der Waals surface area contributed by atoms with Gasteiger partial charge in [0.05, 0.1) is 6.61 Å². The van der Waals surface area contributed by atoms with Gasteiger partial charge < -0.3 is 20.1 Å². The average molecular weight is 399 g/mol. The quantitative estimate of drug-likeness (QED) is 0.256. The molecule has 1 saturated carbocycles. The Kier molecular flexibility index (Phi) is 12.6. The van der Waals surface area contributed by atoms with Crippen molar-refractivity contribution in [3.8, 4) is 0 Å². The third-order valence-corrected chi connectivity index (χ3v) is 2.91. The molecule has 1 aliphatic carbocycles. The number of rotatable bonds is 10. The van der Waals surface area contributed by atoms with Gasteiger partial charge in [0, 0.05) is 39.5 Å². The van der Waals surface area contributed by atoms with Crippen LogP contribution >= 0.6 is 24.0 Å². The van der Waals surface area contributed by atoms with Gasteiger partial charge in [-0.1, -0.05) is 0 Å². The van der Waals surface area contributed by atoms with Crippen LogP contribution in [0.15, 0.2) is 4.99 Å². The van der Waals surface area contributed by atoms with Crippen LogP contribution < -0.4 is 10.6 Å². The SMILES string of the molecule is CCNC(=NCCCOCC1CC1)NC(C)COC.I. The highest BCUT2D eigenvalue weighted by Gasteiger charge is 2.20. The maximum atomic E-state index is 5.59. The smallest absolute Gasteiger partial charge is 0.191 e. The van der Waals surface area contributed by atoms with Crippen molar-refractivity contribution in [3.63, 3.8) is 0 Å². The molecular weight excluding hydrogens is 369 g/mol. The Balaban J connectivity index is 0.00000361. The Morgan fingerprint density at radius 3 is 2.75 bits per heavy atom. The molecule has 0 aromatic rings. The highest BCUT2D eigenvalue weighted by atomic mass is 127. The lowest BCUT2D eigenvalue weighted by Gasteiger charge is -2.16. The van der Waals surface area contributed by atoms with E-state index >= 15 is 0 Å². The van der Waals surface area contributed by atoms with E-state index in [0.29, 0.717) is 6.61 Å². The van der Waals surface area contributed by atoms with E-state index in [2.05, 4.69) is 29.5 Å². The number of guanidine groups is 1. The van der Waals surface area contributed by atoms with Gasteiger partial charge in [-0.3, -0.25) is 4.99 Å². The first-order valence-electron chi connectivity index (χ1n) is 7.37. The molecule has 1 fully saturated rings. The summed E-state index contributed by atoms with van der Waals surface area (Å²) >= 11 is 0. The zero-order chi connectivity index (χ0) is 13.9. The first-order chi connectivity index (χ1) is 9.26. The molecule has 1 rings (SSSR count). The monoisotopic (exact) mass is 399 g/mol. The van der Waals surface area contributed by atoms with Gasteiger partial charge >= 0.3 is 0 Å². The second kappa shape index (κ2) is 12.6. The van der Waals surface area contributed by atoms with Gasteiger partial charge in [-0.15, -0.1) is 24.0 Å². The standard InChI is InChI=1S/C14H29N3O2.HI/c1-4-15-14(17-12(2)10-18-3)16-8-5-9-19-11-13-6-7-13;/h12-13H,4-11H2,1-3H3,(H2,15,16,17);1H. The Morgan fingerprint density at radius 1 is 1.40 bits per heavy atom. The van der Waals surface area contributed by atoms with Crippen molar-refractivity contribution in [2.75, 3.05) is 40.0 Å². The summed E-state index contributed by atoms with van der Waals surface area (Å²) in [6.45, 7) is 8.23. The van der Waals surface area contributed by atoms with Gasteiger partial charge in [-0.2, -0.15) is 0 Å². The van der Waals surface area contributed by atoms with Crippen molar-refractivity contribution in [2.45, 2.75) is 39.2 Å². The number of ether oxygens (including phenoxy) is 2. The molecule has 0 bridgehead atoms. The molecule has 6 heteroatoms. The molecule has 0 saturated heterocycles. The molecule has 5 nitrogen and oxygen atoms in total. The van der Waals surface area contributed by atoms with Crippen LogP contribution in [-0.4, -0.2) is 52.0 Å². The predicted octanol–water partition coefficient (Wildman–Crippen LogP) is 2.01. The summed E-state index contributed by atoms with van der Waals surface area (Å²) in [4.78, 5) is 4.53. The highest BCUT2D eigenvalue weighted by molar-refractivity contribution is 14.0. The fraction of sp³-hybridized carbons (Fsp3) is 0.929. The van der Waals surface area contributed by atoms with Crippen molar-refractivity contribution in [1.82, 2.24) is 10.6 Å². The number of aliphatic imine (C=N–C) groups is 1. The molecule has 0 heterocycles. The number of nitrogens with zero attached hydrogens (tertiary/aromatic N) is 1. The van der Waals surface area contributed by atoms with E-state index in [-0.39, 0.29) is 30.0 Å². The second-order valence-electron chi connectivity index (χ2n) is 5.13. The van der Waals surface area contributed by atoms with E-state index in [1.54, 1.807) is 7.11 Å². The zero-order valence-corrected chi connectivity index (χ0v) is 15.3. The number of hydrogen-bond acceptors (Lipinski definition) is 3. The van der Waals surface area contributed by atoms with Gasteiger partial charge in [-0.05, 0) is 39.0 Å². The number of halogens is 1. The minimum Gasteiger partial charge on any atom is -0.383 e. The fourth-order valence-electron chi connectivity index (χ4n) is 1.74. The summed E-state index contributed by atoms with van der Waals surface area (Å²) < 4.78 is 10.7. The molecule has 1 unspecified atom stereocenters. The van der Waals surface area contributed by atoms with Crippen LogP contribution in [0.25, 0.3) is 0 Å². The van der Waals surface area contributed by atoms with Crippen LogP contribution in [0.5, 0.6) is 0 Å². The fourth-order valence-corrected chi connectivity index (χ4v) is 1.74. The molecule has 20 heavy (non-hydrogen) atoms. The minimum absolute atomic E-state index is 0. The molecule has 0 amide bonds. The first kappa shape index (κ1) is 19.9. The summed E-state index contributed by atoms with van der Waals surface area (Å²) in [6, 6.07) is 0.258. The lowest BCUT2D eigenvalue weighted by Crippen LogP contribution is -2.44. The van der Waals surface area contributed by atoms with Crippen molar-refractivity contribution in [3.05, 3.63) is 0 Å². The molecule has 2 N–H and O–H groups in total. The van der Waals surface area contributed by atoms with Gasteiger partial charge in [0.2, 0.25) is 0 Å². The van der Waals surface area contributed by atoms with Crippen LogP contribution in [0, 0.1) is 5.92 Å². The van der Waals surface area contributed by atoms with Gasteiger partial charge in [0.1, 0.15) is 0 Å². The van der Waals surface area contributed by atoms with Crippen LogP contribution in [0.1, 0.15) is 33.1 Å². The van der Waals surface area contributed by atoms with Crippen molar-refractivity contribution >= 4 is 29.9 Å². The normalized spacial score (nSPS) is 16.4. The van der Waals surface area contributed by atoms with E-state index in [0.717, 1.165) is 44.6 Å². The van der Waals surface area contributed by atoms with E-state index in [4.69, 9.17) is 9.47 Å². The highest BCUT2D eigenvalue weighted by Crippen LogP contribution is 2.28. The Bertz CT molecular complexity index is 261. The van der Waals surface area contributed by atoms with Crippen LogP contribution in [0.4, 0.5) is 0 Å². The lowest BCUT2D eigenvalue weighted by atomic mass is 10.4. The third-order valence-electron chi connectivity index (χ3n) is 2.91. The van der Waals surface area contributed by atoms with E-state index in [1.165, 1.54) is 12.8 Å². The van der Waals surface area contributed by atoms with Crippen molar-refractivity contribution < 1.29 is 9.47 Å².